The van der Waals surface area contributed by atoms with Gasteiger partial charge in [0.1, 0.15) is 10.8 Å². The molecule has 1 aromatic carbocycles. The third kappa shape index (κ3) is 3.08. The molecule has 3 rings (SSSR count). The van der Waals surface area contributed by atoms with Gasteiger partial charge in [0.25, 0.3) is 0 Å². The van der Waals surface area contributed by atoms with E-state index < -0.39 is 0 Å². The molecule has 2 heterocycles. The molecule has 0 spiro atoms. The van der Waals surface area contributed by atoms with Gasteiger partial charge in [-0.1, -0.05) is 12.1 Å². The smallest absolute Gasteiger partial charge is 0.122 e. The first-order valence-corrected chi connectivity index (χ1v) is 7.44. The van der Waals surface area contributed by atoms with Crippen LogP contribution < -0.4 is 4.74 Å². The maximum atomic E-state index is 5.20. The van der Waals surface area contributed by atoms with E-state index in [4.69, 9.17) is 4.74 Å². The van der Waals surface area contributed by atoms with Crippen molar-refractivity contribution < 1.29 is 4.74 Å². The molecule has 0 saturated carbocycles. The number of thiazole rings is 1. The van der Waals surface area contributed by atoms with Crippen LogP contribution in [0.3, 0.4) is 0 Å². The molecule has 0 bridgehead atoms. The number of aromatic nitrogens is 2. The van der Waals surface area contributed by atoms with Gasteiger partial charge in [0.2, 0.25) is 0 Å². The van der Waals surface area contributed by atoms with E-state index in [1.807, 2.05) is 37.3 Å². The molecular weight excluding hydrogens is 282 g/mol. The molecule has 5 heteroatoms. The zero-order chi connectivity index (χ0) is 14.7. The van der Waals surface area contributed by atoms with Crippen molar-refractivity contribution in [2.45, 2.75) is 13.5 Å². The van der Waals surface area contributed by atoms with Crippen molar-refractivity contribution in [3.8, 4) is 5.75 Å². The summed E-state index contributed by atoms with van der Waals surface area (Å²) in [6, 6.07) is 11.8. The summed E-state index contributed by atoms with van der Waals surface area (Å²) in [5.41, 5.74) is 2.74. The Kier molecular flexibility index (Phi) is 3.92. The Morgan fingerprint density at radius 3 is 2.95 bits per heavy atom. The highest BCUT2D eigenvalue weighted by Crippen LogP contribution is 2.22. The van der Waals surface area contributed by atoms with Crippen molar-refractivity contribution in [1.82, 2.24) is 9.97 Å². The van der Waals surface area contributed by atoms with Crippen molar-refractivity contribution in [3.63, 3.8) is 0 Å². The molecule has 106 valence electrons. The van der Waals surface area contributed by atoms with Crippen LogP contribution >= 0.6 is 11.3 Å². The molecule has 0 radical (unpaired) electrons. The fourth-order valence-electron chi connectivity index (χ4n) is 1.99. The fraction of sp³-hybridized carbons (Fsp3) is 0.188. The fourth-order valence-corrected chi connectivity index (χ4v) is 2.88. The van der Waals surface area contributed by atoms with E-state index in [9.17, 15) is 0 Å². The second kappa shape index (κ2) is 6.01. The monoisotopic (exact) mass is 297 g/mol. The largest absolute Gasteiger partial charge is 0.497 e. The molecule has 0 aliphatic rings. The van der Waals surface area contributed by atoms with E-state index in [2.05, 4.69) is 21.0 Å². The quantitative estimate of drug-likeness (QED) is 0.690. The molecule has 0 atom stereocenters. The number of hydrogen-bond acceptors (Lipinski definition) is 5. The summed E-state index contributed by atoms with van der Waals surface area (Å²) >= 11 is 1.68. The highest BCUT2D eigenvalue weighted by molar-refractivity contribution is 7.18. The molecule has 0 aliphatic carbocycles. The minimum Gasteiger partial charge on any atom is -0.497 e. The lowest BCUT2D eigenvalue weighted by Crippen LogP contribution is -1.99. The van der Waals surface area contributed by atoms with Crippen molar-refractivity contribution in [2.75, 3.05) is 7.11 Å². The summed E-state index contributed by atoms with van der Waals surface area (Å²) in [6.07, 6.45) is 1.73. The van der Waals surface area contributed by atoms with Gasteiger partial charge in [-0.25, -0.2) is 4.98 Å². The standard InChI is InChI=1S/C16H15N3OS/c1-11(14-9-12(20-2)7-8-17-14)18-10-16-19-13-5-3-4-6-15(13)21-16/h3-9H,10H2,1-2H3. The maximum Gasteiger partial charge on any atom is 0.122 e. The van der Waals surface area contributed by atoms with E-state index in [-0.39, 0.29) is 0 Å². The number of ether oxygens (including phenoxy) is 1. The molecule has 0 N–H and O–H groups in total. The van der Waals surface area contributed by atoms with Gasteiger partial charge in [0.15, 0.2) is 0 Å². The Bertz CT molecular complexity index is 762. The zero-order valence-electron chi connectivity index (χ0n) is 11.9. The minimum atomic E-state index is 0.573. The molecule has 0 fully saturated rings. The Labute approximate surface area is 127 Å². The van der Waals surface area contributed by atoms with Crippen LogP contribution in [0.2, 0.25) is 0 Å². The minimum absolute atomic E-state index is 0.573. The van der Waals surface area contributed by atoms with Crippen LogP contribution in [0.15, 0.2) is 47.6 Å². The summed E-state index contributed by atoms with van der Waals surface area (Å²) in [6.45, 7) is 2.53. The van der Waals surface area contributed by atoms with Gasteiger partial charge in [-0.05, 0) is 25.1 Å². The summed E-state index contributed by atoms with van der Waals surface area (Å²) in [5.74, 6) is 0.787. The van der Waals surface area contributed by atoms with E-state index >= 15 is 0 Å². The van der Waals surface area contributed by atoms with Crippen molar-refractivity contribution in [1.29, 1.82) is 0 Å². The van der Waals surface area contributed by atoms with Crippen LogP contribution in [-0.4, -0.2) is 22.8 Å². The van der Waals surface area contributed by atoms with Crippen LogP contribution in [0.1, 0.15) is 17.6 Å². The normalized spacial score (nSPS) is 11.8. The Hall–Kier alpha value is -2.27. The molecule has 4 nitrogen and oxygen atoms in total. The zero-order valence-corrected chi connectivity index (χ0v) is 12.7. The highest BCUT2D eigenvalue weighted by atomic mass is 32.1. The summed E-state index contributed by atoms with van der Waals surface area (Å²) in [5, 5.41) is 1.01. The van der Waals surface area contributed by atoms with Gasteiger partial charge in [-0.3, -0.25) is 9.98 Å². The van der Waals surface area contributed by atoms with Gasteiger partial charge >= 0.3 is 0 Å². The predicted octanol–water partition coefficient (Wildman–Crippen LogP) is 3.71. The van der Waals surface area contributed by atoms with Gasteiger partial charge in [0, 0.05) is 12.3 Å². The van der Waals surface area contributed by atoms with Gasteiger partial charge in [0.05, 0.1) is 35.3 Å². The van der Waals surface area contributed by atoms with Crippen molar-refractivity contribution >= 4 is 27.3 Å². The number of fused-ring (bicyclic) bond motifs is 1. The van der Waals surface area contributed by atoms with E-state index in [1.54, 1.807) is 24.6 Å². The third-order valence-corrected chi connectivity index (χ3v) is 4.15. The number of methoxy groups -OCH3 is 1. The molecule has 21 heavy (non-hydrogen) atoms. The van der Waals surface area contributed by atoms with Crippen molar-refractivity contribution in [2.24, 2.45) is 4.99 Å². The first-order valence-electron chi connectivity index (χ1n) is 6.62. The van der Waals surface area contributed by atoms with Crippen molar-refractivity contribution in [3.05, 3.63) is 53.3 Å². The lowest BCUT2D eigenvalue weighted by Gasteiger charge is -2.02. The summed E-state index contributed by atoms with van der Waals surface area (Å²) in [7, 11) is 1.65. The van der Waals surface area contributed by atoms with E-state index in [0.717, 1.165) is 27.7 Å². The molecule has 0 amide bonds. The number of hydrogen-bond donors (Lipinski definition) is 0. The van der Waals surface area contributed by atoms with Crippen LogP contribution in [0.5, 0.6) is 5.75 Å². The number of nitrogens with zero attached hydrogens (tertiary/aromatic N) is 3. The van der Waals surface area contributed by atoms with E-state index in [0.29, 0.717) is 6.54 Å². The van der Waals surface area contributed by atoms with Crippen LogP contribution in [-0.2, 0) is 6.54 Å². The Morgan fingerprint density at radius 1 is 1.29 bits per heavy atom. The number of para-hydroxylation sites is 1. The van der Waals surface area contributed by atoms with E-state index in [1.165, 1.54) is 4.70 Å². The summed E-state index contributed by atoms with van der Waals surface area (Å²) < 4.78 is 6.40. The topological polar surface area (TPSA) is 47.4 Å². The number of benzene rings is 1. The van der Waals surface area contributed by atoms with Crippen LogP contribution in [0.4, 0.5) is 0 Å². The van der Waals surface area contributed by atoms with Gasteiger partial charge < -0.3 is 4.74 Å². The molecule has 0 unspecified atom stereocenters. The second-order valence-corrected chi connectivity index (χ2v) is 5.67. The number of aliphatic imine (C=N–C) groups is 1. The lowest BCUT2D eigenvalue weighted by molar-refractivity contribution is 0.414. The highest BCUT2D eigenvalue weighted by Gasteiger charge is 2.04. The van der Waals surface area contributed by atoms with Gasteiger partial charge in [-0.15, -0.1) is 11.3 Å². The average Bonchev–Trinajstić information content (AvgIpc) is 2.95. The molecular formula is C16H15N3OS. The lowest BCUT2D eigenvalue weighted by atomic mass is 10.2. The average molecular weight is 297 g/mol. The third-order valence-electron chi connectivity index (χ3n) is 3.13. The molecule has 3 aromatic rings. The first-order chi connectivity index (χ1) is 10.3. The maximum absolute atomic E-state index is 5.20. The summed E-state index contributed by atoms with van der Waals surface area (Å²) in [4.78, 5) is 13.5. The van der Waals surface area contributed by atoms with Gasteiger partial charge in [-0.2, -0.15) is 0 Å². The molecule has 2 aromatic heterocycles. The number of pyridine rings is 1. The van der Waals surface area contributed by atoms with Crippen LogP contribution in [0.25, 0.3) is 10.2 Å². The molecule has 0 aliphatic heterocycles. The Balaban J connectivity index is 1.80. The second-order valence-electron chi connectivity index (χ2n) is 4.56. The SMILES string of the molecule is COc1ccnc(C(C)=NCc2nc3ccccc3s2)c1. The number of rotatable bonds is 4. The van der Waals surface area contributed by atoms with Crippen LogP contribution in [0, 0.1) is 0 Å². The Morgan fingerprint density at radius 2 is 2.14 bits per heavy atom. The predicted molar refractivity (Wildman–Crippen MR) is 86.3 cm³/mol. The molecule has 0 saturated heterocycles. The first kappa shape index (κ1) is 13.7.